The predicted octanol–water partition coefficient (Wildman–Crippen LogP) is 2.17. The number of likely N-dealkylation sites (tertiary alicyclic amines) is 1. The maximum absolute atomic E-state index is 5.83. The van der Waals surface area contributed by atoms with E-state index in [0.29, 0.717) is 12.2 Å². The van der Waals surface area contributed by atoms with Crippen LogP contribution in [0.1, 0.15) is 33.1 Å². The van der Waals surface area contributed by atoms with Gasteiger partial charge in [-0.1, -0.05) is 0 Å². The van der Waals surface area contributed by atoms with E-state index in [4.69, 9.17) is 9.47 Å². The molecule has 0 unspecified atom stereocenters. The second kappa shape index (κ2) is 8.34. The van der Waals surface area contributed by atoms with Gasteiger partial charge < -0.3 is 9.47 Å². The molecule has 0 aromatic carbocycles. The Hall–Kier alpha value is 0.230. The summed E-state index contributed by atoms with van der Waals surface area (Å²) >= 11 is 4.28. The van der Waals surface area contributed by atoms with Crippen LogP contribution in [-0.4, -0.2) is 49.3 Å². The number of ether oxygens (including phenoxy) is 2. The highest BCUT2D eigenvalue weighted by Crippen LogP contribution is 2.14. The van der Waals surface area contributed by atoms with Crippen LogP contribution in [0.15, 0.2) is 0 Å². The highest BCUT2D eigenvalue weighted by molar-refractivity contribution is 7.80. The second-order valence-corrected chi connectivity index (χ2v) is 4.89. The zero-order chi connectivity index (χ0) is 11.8. The lowest BCUT2D eigenvalue weighted by atomic mass is 10.1. The minimum Gasteiger partial charge on any atom is -0.379 e. The van der Waals surface area contributed by atoms with Crippen LogP contribution in [0.5, 0.6) is 0 Å². The molecule has 3 nitrogen and oxygen atoms in total. The molecule has 0 saturated carbocycles. The first-order valence-corrected chi connectivity index (χ1v) is 6.92. The monoisotopic (exact) mass is 247 g/mol. The zero-order valence-electron chi connectivity index (χ0n) is 10.5. The molecule has 0 aromatic heterocycles. The van der Waals surface area contributed by atoms with Gasteiger partial charge in [-0.05, 0) is 33.1 Å². The van der Waals surface area contributed by atoms with Gasteiger partial charge in [-0.15, -0.1) is 0 Å². The van der Waals surface area contributed by atoms with Crippen LogP contribution in [0.2, 0.25) is 0 Å². The van der Waals surface area contributed by atoms with Crippen molar-refractivity contribution in [3.05, 3.63) is 0 Å². The topological polar surface area (TPSA) is 21.7 Å². The summed E-state index contributed by atoms with van der Waals surface area (Å²) in [4.78, 5) is 2.35. The van der Waals surface area contributed by atoms with E-state index in [1.165, 1.54) is 0 Å². The van der Waals surface area contributed by atoms with Crippen molar-refractivity contribution in [2.45, 2.75) is 45.3 Å². The minimum absolute atomic E-state index is 0.332. The van der Waals surface area contributed by atoms with Crippen molar-refractivity contribution in [2.24, 2.45) is 0 Å². The van der Waals surface area contributed by atoms with E-state index >= 15 is 0 Å². The Bertz CT molecular complexity index is 170. The molecule has 96 valence electrons. The van der Waals surface area contributed by atoms with Crippen LogP contribution < -0.4 is 0 Å². The molecule has 1 rings (SSSR count). The van der Waals surface area contributed by atoms with E-state index in [1.54, 1.807) is 0 Å². The number of rotatable bonds is 7. The maximum Gasteiger partial charge on any atom is 0.0599 e. The summed E-state index contributed by atoms with van der Waals surface area (Å²) in [7, 11) is 0. The Kier molecular flexibility index (Phi) is 7.45. The van der Waals surface area contributed by atoms with Gasteiger partial charge in [0.1, 0.15) is 0 Å². The Morgan fingerprint density at radius 2 is 1.94 bits per heavy atom. The van der Waals surface area contributed by atoms with E-state index in [9.17, 15) is 0 Å². The first-order valence-electron chi connectivity index (χ1n) is 6.28. The van der Waals surface area contributed by atoms with Crippen molar-refractivity contribution in [2.75, 3.05) is 32.2 Å². The fraction of sp³-hybridized carbons (Fsp3) is 1.00. The molecule has 0 spiro atoms. The Morgan fingerprint density at radius 3 is 2.50 bits per heavy atom. The average molecular weight is 247 g/mol. The number of hydrogen-bond acceptors (Lipinski definition) is 4. The van der Waals surface area contributed by atoms with Crippen molar-refractivity contribution < 1.29 is 9.47 Å². The lowest BCUT2D eigenvalue weighted by Crippen LogP contribution is -2.36. The smallest absolute Gasteiger partial charge is 0.0599 e. The number of hydrogen-bond donors (Lipinski definition) is 1. The molecule has 0 radical (unpaired) electrons. The lowest BCUT2D eigenvalue weighted by Gasteiger charge is -2.30. The molecular weight excluding hydrogens is 222 g/mol. The second-order valence-electron chi connectivity index (χ2n) is 4.60. The summed E-state index contributed by atoms with van der Waals surface area (Å²) in [5.74, 6) is 0.870. The molecule has 0 bridgehead atoms. The standard InChI is InChI=1S/C12H25NO2S/c1-11(2)14-8-3-9-15-12-4-6-13(10-16)7-5-12/h11-12,16H,3-10H2,1-2H3. The van der Waals surface area contributed by atoms with Gasteiger partial charge >= 0.3 is 0 Å². The third-order valence-electron chi connectivity index (χ3n) is 2.83. The molecule has 0 N–H and O–H groups in total. The third kappa shape index (κ3) is 6.09. The van der Waals surface area contributed by atoms with Gasteiger partial charge in [-0.3, -0.25) is 4.90 Å². The normalized spacial score (nSPS) is 19.5. The molecule has 1 aliphatic rings. The van der Waals surface area contributed by atoms with E-state index in [-0.39, 0.29) is 0 Å². The third-order valence-corrected chi connectivity index (χ3v) is 3.23. The highest BCUT2D eigenvalue weighted by atomic mass is 32.1. The molecule has 4 heteroatoms. The summed E-state index contributed by atoms with van der Waals surface area (Å²) in [5.41, 5.74) is 0. The molecule has 1 saturated heterocycles. The summed E-state index contributed by atoms with van der Waals surface area (Å²) in [6, 6.07) is 0. The van der Waals surface area contributed by atoms with Crippen molar-refractivity contribution in [1.29, 1.82) is 0 Å². The molecule has 0 aliphatic carbocycles. The Balaban J connectivity index is 1.94. The number of thiol groups is 1. The van der Waals surface area contributed by atoms with Crippen molar-refractivity contribution in [3.63, 3.8) is 0 Å². The molecule has 0 atom stereocenters. The Morgan fingerprint density at radius 1 is 1.25 bits per heavy atom. The minimum atomic E-state index is 0.332. The Labute approximate surface area is 105 Å². The molecule has 0 aromatic rings. The van der Waals surface area contributed by atoms with E-state index in [1.807, 2.05) is 0 Å². The summed E-state index contributed by atoms with van der Waals surface area (Å²) in [6.45, 7) is 8.01. The first-order chi connectivity index (χ1) is 7.72. The van der Waals surface area contributed by atoms with Crippen LogP contribution in [0.25, 0.3) is 0 Å². The molecule has 1 heterocycles. The van der Waals surface area contributed by atoms with Crippen LogP contribution in [0.4, 0.5) is 0 Å². The van der Waals surface area contributed by atoms with Crippen LogP contribution in [0.3, 0.4) is 0 Å². The van der Waals surface area contributed by atoms with E-state index in [2.05, 4.69) is 31.4 Å². The zero-order valence-corrected chi connectivity index (χ0v) is 11.4. The molecule has 1 fully saturated rings. The summed E-state index contributed by atoms with van der Waals surface area (Å²) in [6.07, 6.45) is 4.08. The highest BCUT2D eigenvalue weighted by Gasteiger charge is 2.18. The fourth-order valence-electron chi connectivity index (χ4n) is 1.85. The van der Waals surface area contributed by atoms with Gasteiger partial charge in [0, 0.05) is 32.2 Å². The van der Waals surface area contributed by atoms with Crippen LogP contribution in [-0.2, 0) is 9.47 Å². The quantitative estimate of drug-likeness (QED) is 0.550. The number of nitrogens with zero attached hydrogens (tertiary/aromatic N) is 1. The SMILES string of the molecule is CC(C)OCCCOC1CCN(CS)CC1. The fourth-order valence-corrected chi connectivity index (χ4v) is 2.13. The van der Waals surface area contributed by atoms with E-state index < -0.39 is 0 Å². The van der Waals surface area contributed by atoms with Gasteiger partial charge in [0.25, 0.3) is 0 Å². The molecule has 0 amide bonds. The van der Waals surface area contributed by atoms with Gasteiger partial charge in [0.15, 0.2) is 0 Å². The summed E-state index contributed by atoms with van der Waals surface area (Å²) < 4.78 is 11.3. The van der Waals surface area contributed by atoms with Gasteiger partial charge in [0.05, 0.1) is 12.2 Å². The van der Waals surface area contributed by atoms with Crippen LogP contribution >= 0.6 is 12.6 Å². The lowest BCUT2D eigenvalue weighted by molar-refractivity contribution is -0.00528. The molecule has 16 heavy (non-hydrogen) atoms. The van der Waals surface area contributed by atoms with Gasteiger partial charge in [-0.2, -0.15) is 12.6 Å². The number of piperidine rings is 1. The van der Waals surface area contributed by atoms with Gasteiger partial charge in [-0.25, -0.2) is 0 Å². The maximum atomic E-state index is 5.83. The van der Waals surface area contributed by atoms with Crippen molar-refractivity contribution >= 4 is 12.6 Å². The predicted molar refractivity (Wildman–Crippen MR) is 70.1 cm³/mol. The van der Waals surface area contributed by atoms with Gasteiger partial charge in [0.2, 0.25) is 0 Å². The van der Waals surface area contributed by atoms with Crippen molar-refractivity contribution in [3.8, 4) is 0 Å². The van der Waals surface area contributed by atoms with E-state index in [0.717, 1.165) is 51.4 Å². The largest absolute Gasteiger partial charge is 0.379 e. The molecule has 1 aliphatic heterocycles. The first kappa shape index (κ1) is 14.3. The molecular formula is C12H25NO2S. The summed E-state index contributed by atoms with van der Waals surface area (Å²) in [5, 5.41) is 0. The van der Waals surface area contributed by atoms with Crippen molar-refractivity contribution in [1.82, 2.24) is 4.90 Å². The van der Waals surface area contributed by atoms with Crippen LogP contribution in [0, 0.1) is 0 Å². The average Bonchev–Trinajstić information content (AvgIpc) is 2.29.